The van der Waals surface area contributed by atoms with Gasteiger partial charge in [0.05, 0.1) is 20.1 Å². The average Bonchev–Trinajstić information content (AvgIpc) is 2.51. The van der Waals surface area contributed by atoms with E-state index in [2.05, 4.69) is 42.1 Å². The second-order valence-corrected chi connectivity index (χ2v) is 6.70. The van der Waals surface area contributed by atoms with Crippen LogP contribution < -0.4 is 0 Å². The molecule has 0 atom stereocenters. The van der Waals surface area contributed by atoms with Crippen LogP contribution in [0.25, 0.3) is 0 Å². The van der Waals surface area contributed by atoms with Gasteiger partial charge in [-0.3, -0.25) is 0 Å². The Hall–Kier alpha value is -0.960. The van der Waals surface area contributed by atoms with Gasteiger partial charge in [0.1, 0.15) is 23.3 Å². The Morgan fingerprint density at radius 2 is 1.00 bits per heavy atom. The molecule has 0 aromatic heterocycles. The largest absolute Gasteiger partial charge is 0.206 e. The predicted octanol–water partition coefficient (Wildman–Crippen LogP) is 6.35. The van der Waals surface area contributed by atoms with E-state index in [1.807, 2.05) is 0 Å². The standard InChI is InChI=1S/C14H4Br2Cl2F4N2/c15-7-3-9(19)5(1-11(7)21)13(17)23-24-14(18)6-2-12(22)8(16)4-10(6)20/h1-4H/b23-13-,24-14-. The van der Waals surface area contributed by atoms with Crippen molar-refractivity contribution in [1.29, 1.82) is 0 Å². The van der Waals surface area contributed by atoms with E-state index in [0.717, 1.165) is 24.3 Å². The highest BCUT2D eigenvalue weighted by Gasteiger charge is 2.14. The Morgan fingerprint density at radius 1 is 0.667 bits per heavy atom. The molecule has 0 amide bonds. The predicted molar refractivity (Wildman–Crippen MR) is 92.9 cm³/mol. The zero-order valence-corrected chi connectivity index (χ0v) is 15.9. The summed E-state index contributed by atoms with van der Waals surface area (Å²) >= 11 is 17.1. The van der Waals surface area contributed by atoms with E-state index in [9.17, 15) is 17.6 Å². The zero-order chi connectivity index (χ0) is 18.0. The lowest BCUT2D eigenvalue weighted by Gasteiger charge is -2.03. The molecule has 0 N–H and O–H groups in total. The lowest BCUT2D eigenvalue weighted by atomic mass is 10.2. The monoisotopic (exact) mass is 504 g/mol. The molecule has 0 spiro atoms. The summed E-state index contributed by atoms with van der Waals surface area (Å²) in [7, 11) is 0. The third-order valence-corrected chi connectivity index (χ3v) is 4.46. The molecular weight excluding hydrogens is 503 g/mol. The molecule has 2 aromatic rings. The maximum atomic E-state index is 13.7. The first-order valence-corrected chi connectivity index (χ1v) is 8.31. The van der Waals surface area contributed by atoms with Gasteiger partial charge >= 0.3 is 0 Å². The molecule has 10 heteroatoms. The molecule has 0 radical (unpaired) electrons. The van der Waals surface area contributed by atoms with Gasteiger partial charge in [-0.2, -0.15) is 0 Å². The third-order valence-electron chi connectivity index (χ3n) is 2.69. The van der Waals surface area contributed by atoms with Crippen molar-refractivity contribution in [3.05, 3.63) is 67.6 Å². The molecule has 0 fully saturated rings. The summed E-state index contributed by atoms with van der Waals surface area (Å²) in [5.74, 6) is -3.25. The lowest BCUT2D eigenvalue weighted by molar-refractivity contribution is 0.592. The van der Waals surface area contributed by atoms with Crippen molar-refractivity contribution < 1.29 is 17.6 Å². The molecule has 126 valence electrons. The van der Waals surface area contributed by atoms with Gasteiger partial charge in [0.2, 0.25) is 0 Å². The molecule has 0 heterocycles. The molecule has 0 aliphatic carbocycles. The minimum atomic E-state index is -0.857. The fourth-order valence-electron chi connectivity index (χ4n) is 1.56. The molecule has 2 aromatic carbocycles. The maximum absolute atomic E-state index is 13.7. The van der Waals surface area contributed by atoms with E-state index >= 15 is 0 Å². The van der Waals surface area contributed by atoms with Gasteiger partial charge < -0.3 is 0 Å². The second-order valence-electron chi connectivity index (χ2n) is 4.27. The highest BCUT2D eigenvalue weighted by atomic mass is 79.9. The summed E-state index contributed by atoms with van der Waals surface area (Å²) in [4.78, 5) is 0. The summed E-state index contributed by atoms with van der Waals surface area (Å²) in [5.41, 5.74) is -0.735. The molecule has 24 heavy (non-hydrogen) atoms. The number of rotatable bonds is 3. The number of hydrogen-bond acceptors (Lipinski definition) is 2. The third kappa shape index (κ3) is 4.36. The van der Waals surface area contributed by atoms with Crippen LogP contribution in [0.5, 0.6) is 0 Å². The first kappa shape index (κ1) is 19.4. The van der Waals surface area contributed by atoms with Gasteiger partial charge in [0.15, 0.2) is 10.3 Å². The van der Waals surface area contributed by atoms with Crippen LogP contribution in [0.4, 0.5) is 17.6 Å². The average molecular weight is 507 g/mol. The quantitative estimate of drug-likeness (QED) is 0.200. The van der Waals surface area contributed by atoms with Gasteiger partial charge in [-0.15, -0.1) is 10.2 Å². The Labute approximate surface area is 160 Å². The van der Waals surface area contributed by atoms with E-state index in [1.165, 1.54) is 0 Å². The van der Waals surface area contributed by atoms with Crippen molar-refractivity contribution in [2.75, 3.05) is 0 Å². The van der Waals surface area contributed by atoms with Crippen LogP contribution in [0.15, 0.2) is 43.4 Å². The van der Waals surface area contributed by atoms with Crippen LogP contribution in [0.2, 0.25) is 0 Å². The van der Waals surface area contributed by atoms with Crippen LogP contribution in [-0.4, -0.2) is 10.3 Å². The normalized spacial score (nSPS) is 12.7. The van der Waals surface area contributed by atoms with E-state index in [-0.39, 0.29) is 20.1 Å². The number of benzene rings is 2. The van der Waals surface area contributed by atoms with Crippen molar-refractivity contribution in [1.82, 2.24) is 0 Å². The Balaban J connectivity index is 2.40. The summed E-state index contributed by atoms with van der Waals surface area (Å²) in [6.45, 7) is 0. The summed E-state index contributed by atoms with van der Waals surface area (Å²) in [5, 5.41) is 5.78. The van der Waals surface area contributed by atoms with Crippen LogP contribution in [-0.2, 0) is 0 Å². The topological polar surface area (TPSA) is 24.7 Å². The maximum Gasteiger partial charge on any atom is 0.161 e. The SMILES string of the molecule is Fc1cc(/C(Cl)=N/N=C(\Cl)c2cc(F)c(Br)cc2F)c(F)cc1Br. The van der Waals surface area contributed by atoms with Gasteiger partial charge in [0.25, 0.3) is 0 Å². The summed E-state index contributed by atoms with van der Waals surface area (Å²) in [6, 6.07) is 3.32. The van der Waals surface area contributed by atoms with Crippen molar-refractivity contribution in [2.24, 2.45) is 10.2 Å². The van der Waals surface area contributed by atoms with Gasteiger partial charge in [0, 0.05) is 0 Å². The van der Waals surface area contributed by atoms with E-state index in [0.29, 0.717) is 0 Å². The first-order valence-electron chi connectivity index (χ1n) is 5.97. The highest BCUT2D eigenvalue weighted by Crippen LogP contribution is 2.23. The highest BCUT2D eigenvalue weighted by molar-refractivity contribution is 9.10. The number of nitrogens with zero attached hydrogens (tertiary/aromatic N) is 2. The minimum absolute atomic E-state index is 0.0952. The molecule has 2 nitrogen and oxygen atoms in total. The fourth-order valence-corrected chi connectivity index (χ4v) is 2.55. The molecule has 0 aliphatic rings. The number of halogens is 8. The summed E-state index contributed by atoms with van der Waals surface area (Å²) < 4.78 is 54.1. The lowest BCUT2D eigenvalue weighted by Crippen LogP contribution is -2.00. The van der Waals surface area contributed by atoms with E-state index < -0.39 is 33.6 Å². The van der Waals surface area contributed by atoms with E-state index in [4.69, 9.17) is 23.2 Å². The van der Waals surface area contributed by atoms with Crippen LogP contribution in [0.3, 0.4) is 0 Å². The van der Waals surface area contributed by atoms with Gasteiger partial charge in [-0.1, -0.05) is 23.2 Å². The second kappa shape index (κ2) is 7.95. The fraction of sp³-hybridized carbons (Fsp3) is 0. The first-order chi connectivity index (χ1) is 11.2. The van der Waals surface area contributed by atoms with Crippen molar-refractivity contribution >= 4 is 65.4 Å². The zero-order valence-electron chi connectivity index (χ0n) is 11.2. The van der Waals surface area contributed by atoms with E-state index in [1.54, 1.807) is 0 Å². The molecule has 0 aliphatic heterocycles. The molecule has 2 rings (SSSR count). The van der Waals surface area contributed by atoms with Crippen molar-refractivity contribution in [2.45, 2.75) is 0 Å². The molecule has 0 saturated carbocycles. The Morgan fingerprint density at radius 3 is 1.33 bits per heavy atom. The van der Waals surface area contributed by atoms with Crippen LogP contribution in [0, 0.1) is 23.3 Å². The molecule has 0 unspecified atom stereocenters. The van der Waals surface area contributed by atoms with Gasteiger partial charge in [-0.05, 0) is 56.1 Å². The Bertz CT molecular complexity index is 801. The number of hydrogen-bond donors (Lipinski definition) is 0. The van der Waals surface area contributed by atoms with Crippen LogP contribution in [0.1, 0.15) is 11.1 Å². The molecule has 0 bridgehead atoms. The Kier molecular flexibility index (Phi) is 6.41. The molecule has 0 saturated heterocycles. The van der Waals surface area contributed by atoms with Gasteiger partial charge in [-0.25, -0.2) is 17.6 Å². The minimum Gasteiger partial charge on any atom is -0.206 e. The van der Waals surface area contributed by atoms with Crippen LogP contribution >= 0.6 is 55.1 Å². The summed E-state index contributed by atoms with van der Waals surface area (Å²) in [6.07, 6.45) is 0. The molecular formula is C14H4Br2Cl2F4N2. The van der Waals surface area contributed by atoms with Crippen molar-refractivity contribution in [3.8, 4) is 0 Å². The van der Waals surface area contributed by atoms with Crippen molar-refractivity contribution in [3.63, 3.8) is 0 Å². The smallest absolute Gasteiger partial charge is 0.161 e.